The van der Waals surface area contributed by atoms with Crippen molar-refractivity contribution in [3.05, 3.63) is 44.5 Å². The maximum Gasteiger partial charge on any atom is 0.317 e. The molecule has 1 aliphatic heterocycles. The highest BCUT2D eigenvalue weighted by atomic mass is 16.4. The fourth-order valence-electron chi connectivity index (χ4n) is 3.60. The average Bonchev–Trinajstić information content (AvgIpc) is 2.62. The van der Waals surface area contributed by atoms with Crippen molar-refractivity contribution >= 4 is 11.0 Å². The highest BCUT2D eigenvalue weighted by molar-refractivity contribution is 5.81. The van der Waals surface area contributed by atoms with Crippen molar-refractivity contribution in [2.75, 3.05) is 6.61 Å². The van der Waals surface area contributed by atoms with E-state index >= 15 is 0 Å². The van der Waals surface area contributed by atoms with Gasteiger partial charge < -0.3 is 25.0 Å². The lowest BCUT2D eigenvalue weighted by molar-refractivity contribution is -0.0805. The molecule has 26 heavy (non-hydrogen) atoms. The zero-order valence-corrected chi connectivity index (χ0v) is 14.8. The zero-order valence-electron chi connectivity index (χ0n) is 14.8. The second-order valence-electron chi connectivity index (χ2n) is 7.49. The Hall–Kier alpha value is -2.00. The standard InChI is InChI=1S/C18H24N2O6/c1-18(2)6-7-19-14-10(18)4-3-5-11(14)20(17(26)16(19)25)8-12(22)15(24)13(23)9-21/h3-5,12-13,15,21-24H,6-9H2,1-2H3. The van der Waals surface area contributed by atoms with Crippen molar-refractivity contribution < 1.29 is 20.4 Å². The summed E-state index contributed by atoms with van der Waals surface area (Å²) in [6.07, 6.45) is -3.97. The number of hydrogen-bond acceptors (Lipinski definition) is 6. The molecular formula is C18H24N2O6. The maximum absolute atomic E-state index is 12.6. The van der Waals surface area contributed by atoms with E-state index in [9.17, 15) is 24.9 Å². The van der Waals surface area contributed by atoms with E-state index in [-0.39, 0.29) is 12.0 Å². The predicted octanol–water partition coefficient (Wildman–Crippen LogP) is -1.08. The summed E-state index contributed by atoms with van der Waals surface area (Å²) in [7, 11) is 0. The fraction of sp³-hybridized carbons (Fsp3) is 0.556. The third-order valence-electron chi connectivity index (χ3n) is 5.28. The summed E-state index contributed by atoms with van der Waals surface area (Å²) < 4.78 is 2.61. The minimum atomic E-state index is -1.64. The molecule has 1 aromatic heterocycles. The molecule has 8 nitrogen and oxygen atoms in total. The number of rotatable bonds is 5. The molecule has 0 saturated heterocycles. The number of aliphatic hydroxyl groups excluding tert-OH is 4. The van der Waals surface area contributed by atoms with Gasteiger partial charge in [-0.3, -0.25) is 14.2 Å². The van der Waals surface area contributed by atoms with E-state index in [1.807, 2.05) is 6.07 Å². The van der Waals surface area contributed by atoms with Gasteiger partial charge in [0.15, 0.2) is 0 Å². The molecule has 4 N–H and O–H groups in total. The van der Waals surface area contributed by atoms with E-state index in [1.165, 1.54) is 4.57 Å². The smallest absolute Gasteiger partial charge is 0.317 e. The Balaban J connectivity index is 2.20. The maximum atomic E-state index is 12.6. The summed E-state index contributed by atoms with van der Waals surface area (Å²) in [6.45, 7) is 3.48. The largest absolute Gasteiger partial charge is 0.394 e. The molecule has 0 spiro atoms. The molecule has 3 atom stereocenters. The Morgan fingerprint density at radius 1 is 1.12 bits per heavy atom. The van der Waals surface area contributed by atoms with Crippen LogP contribution in [-0.4, -0.2) is 54.5 Å². The molecule has 0 saturated carbocycles. The molecule has 142 valence electrons. The van der Waals surface area contributed by atoms with Gasteiger partial charge >= 0.3 is 11.1 Å². The van der Waals surface area contributed by atoms with Gasteiger partial charge in [0.25, 0.3) is 0 Å². The van der Waals surface area contributed by atoms with Gasteiger partial charge in [0.2, 0.25) is 0 Å². The summed E-state index contributed by atoms with van der Waals surface area (Å²) in [5, 5.41) is 38.5. The first kappa shape index (κ1) is 18.8. The number of aryl methyl sites for hydroxylation is 1. The number of aliphatic hydroxyl groups is 4. The number of aromatic nitrogens is 2. The van der Waals surface area contributed by atoms with Crippen LogP contribution in [0.3, 0.4) is 0 Å². The van der Waals surface area contributed by atoms with Gasteiger partial charge in [0, 0.05) is 6.54 Å². The Bertz CT molecular complexity index is 945. The Labute approximate surface area is 149 Å². The molecule has 1 aliphatic rings. The van der Waals surface area contributed by atoms with Crippen LogP contribution in [0, 0.1) is 0 Å². The molecule has 3 rings (SSSR count). The number of nitrogens with zero attached hydrogens (tertiary/aromatic N) is 2. The molecule has 0 radical (unpaired) electrons. The van der Waals surface area contributed by atoms with E-state index in [1.54, 1.807) is 12.1 Å². The van der Waals surface area contributed by atoms with Crippen molar-refractivity contribution in [1.29, 1.82) is 0 Å². The molecule has 2 heterocycles. The van der Waals surface area contributed by atoms with Crippen LogP contribution >= 0.6 is 0 Å². The molecule has 1 aromatic carbocycles. The van der Waals surface area contributed by atoms with Gasteiger partial charge in [0.05, 0.1) is 24.2 Å². The summed E-state index contributed by atoms with van der Waals surface area (Å²) in [5.41, 5.74) is 0.447. The van der Waals surface area contributed by atoms with Gasteiger partial charge in [-0.15, -0.1) is 0 Å². The lowest BCUT2D eigenvalue weighted by Gasteiger charge is -2.33. The van der Waals surface area contributed by atoms with Crippen LogP contribution in [0.2, 0.25) is 0 Å². The molecule has 0 aliphatic carbocycles. The van der Waals surface area contributed by atoms with Crippen LogP contribution < -0.4 is 11.1 Å². The summed E-state index contributed by atoms with van der Waals surface area (Å²) in [6, 6.07) is 5.41. The summed E-state index contributed by atoms with van der Waals surface area (Å²) >= 11 is 0. The molecule has 8 heteroatoms. The van der Waals surface area contributed by atoms with E-state index in [0.717, 1.165) is 16.6 Å². The van der Waals surface area contributed by atoms with Gasteiger partial charge in [0.1, 0.15) is 18.3 Å². The Kier molecular flexibility index (Phi) is 4.78. The van der Waals surface area contributed by atoms with E-state index in [4.69, 9.17) is 5.11 Å². The first-order chi connectivity index (χ1) is 12.2. The monoisotopic (exact) mass is 364 g/mol. The first-order valence-electron chi connectivity index (χ1n) is 8.61. The zero-order chi connectivity index (χ0) is 19.2. The molecule has 0 bridgehead atoms. The number of benzene rings is 1. The minimum absolute atomic E-state index is 0.167. The molecular weight excluding hydrogens is 340 g/mol. The topological polar surface area (TPSA) is 125 Å². The molecule has 3 unspecified atom stereocenters. The van der Waals surface area contributed by atoms with Crippen molar-refractivity contribution in [1.82, 2.24) is 9.13 Å². The fourth-order valence-corrected chi connectivity index (χ4v) is 3.60. The lowest BCUT2D eigenvalue weighted by atomic mass is 9.78. The van der Waals surface area contributed by atoms with Crippen LogP contribution in [-0.2, 0) is 18.5 Å². The van der Waals surface area contributed by atoms with Crippen LogP contribution in [0.25, 0.3) is 11.0 Å². The van der Waals surface area contributed by atoms with Crippen LogP contribution in [0.1, 0.15) is 25.8 Å². The van der Waals surface area contributed by atoms with Gasteiger partial charge in [-0.05, 0) is 23.5 Å². The van der Waals surface area contributed by atoms with Crippen molar-refractivity contribution in [3.8, 4) is 0 Å². The third kappa shape index (κ3) is 2.88. The third-order valence-corrected chi connectivity index (χ3v) is 5.28. The number of hydrogen-bond donors (Lipinski definition) is 4. The van der Waals surface area contributed by atoms with E-state index < -0.39 is 36.0 Å². The second-order valence-corrected chi connectivity index (χ2v) is 7.49. The molecule has 0 fully saturated rings. The van der Waals surface area contributed by atoms with Crippen molar-refractivity contribution in [2.24, 2.45) is 0 Å². The molecule has 2 aromatic rings. The SMILES string of the molecule is CC1(C)CCn2c(=O)c(=O)n(CC(O)C(O)C(O)CO)c3cccc1c32. The van der Waals surface area contributed by atoms with Crippen LogP contribution in [0.15, 0.2) is 27.8 Å². The Morgan fingerprint density at radius 3 is 2.46 bits per heavy atom. The Morgan fingerprint density at radius 2 is 1.81 bits per heavy atom. The van der Waals surface area contributed by atoms with Gasteiger partial charge in [-0.2, -0.15) is 0 Å². The van der Waals surface area contributed by atoms with E-state index in [2.05, 4.69) is 13.8 Å². The van der Waals surface area contributed by atoms with Crippen LogP contribution in [0.5, 0.6) is 0 Å². The normalized spacial score (nSPS) is 19.3. The van der Waals surface area contributed by atoms with E-state index in [0.29, 0.717) is 17.6 Å². The first-order valence-corrected chi connectivity index (χ1v) is 8.61. The number of para-hydroxylation sites is 1. The summed E-state index contributed by atoms with van der Waals surface area (Å²) in [4.78, 5) is 25.2. The van der Waals surface area contributed by atoms with Gasteiger partial charge in [-0.25, -0.2) is 0 Å². The highest BCUT2D eigenvalue weighted by Crippen LogP contribution is 2.36. The minimum Gasteiger partial charge on any atom is -0.394 e. The van der Waals surface area contributed by atoms with Crippen molar-refractivity contribution in [2.45, 2.75) is 57.1 Å². The second kappa shape index (κ2) is 6.62. The van der Waals surface area contributed by atoms with Gasteiger partial charge in [-0.1, -0.05) is 26.0 Å². The quantitative estimate of drug-likeness (QED) is 0.500. The lowest BCUT2D eigenvalue weighted by Crippen LogP contribution is -2.48. The summed E-state index contributed by atoms with van der Waals surface area (Å²) in [5.74, 6) is 0. The predicted molar refractivity (Wildman–Crippen MR) is 95.2 cm³/mol. The highest BCUT2D eigenvalue weighted by Gasteiger charge is 2.31. The average molecular weight is 364 g/mol. The molecule has 0 amide bonds. The van der Waals surface area contributed by atoms with Crippen molar-refractivity contribution in [3.63, 3.8) is 0 Å². The van der Waals surface area contributed by atoms with Crippen LogP contribution in [0.4, 0.5) is 0 Å².